The molecule has 12 heteroatoms. The second-order valence-corrected chi connectivity index (χ2v) is 12.7. The van der Waals surface area contributed by atoms with Crippen molar-refractivity contribution >= 4 is 70.4 Å². The van der Waals surface area contributed by atoms with Gasteiger partial charge in [-0.15, -0.1) is 0 Å². The molecule has 5 aromatic rings. The molecular weight excluding hydrogens is 574 g/mol. The molecule has 38 heavy (non-hydrogen) atoms. The summed E-state index contributed by atoms with van der Waals surface area (Å²) in [5, 5.41) is 4.77. The van der Waals surface area contributed by atoms with Crippen molar-refractivity contribution in [3.63, 3.8) is 0 Å². The predicted molar refractivity (Wildman–Crippen MR) is 150 cm³/mol. The van der Waals surface area contributed by atoms with Crippen molar-refractivity contribution in [3.8, 4) is 0 Å². The molecule has 4 N–H and O–H groups in total. The fourth-order valence-corrected chi connectivity index (χ4v) is 5.85. The van der Waals surface area contributed by atoms with Gasteiger partial charge in [0, 0.05) is 50.4 Å². The average Bonchev–Trinajstić information content (AvgIpc) is 3.22. The number of aromatic amines is 3. The van der Waals surface area contributed by atoms with Crippen LogP contribution in [0, 0.1) is 0 Å². The van der Waals surface area contributed by atoms with Crippen molar-refractivity contribution in [1.29, 1.82) is 0 Å². The van der Waals surface area contributed by atoms with Gasteiger partial charge in [0.05, 0.1) is 39.1 Å². The van der Waals surface area contributed by atoms with Crippen molar-refractivity contribution in [2.75, 3.05) is 38.8 Å². The van der Waals surface area contributed by atoms with E-state index in [2.05, 4.69) is 36.2 Å². The van der Waals surface area contributed by atoms with E-state index in [1.165, 1.54) is 0 Å². The molecule has 0 spiro atoms. The molecule has 1 amide bonds. The normalized spacial score (nSPS) is 13.4. The van der Waals surface area contributed by atoms with E-state index in [-0.39, 0.29) is 5.69 Å². The van der Waals surface area contributed by atoms with Gasteiger partial charge in [-0.1, -0.05) is 22.0 Å². The molecular formula is C26H26BrN5O5S. The molecule has 0 aliphatic rings. The first-order valence-electron chi connectivity index (χ1n) is 11.8. The number of benzene rings is 2. The van der Waals surface area contributed by atoms with Gasteiger partial charge < -0.3 is 29.3 Å². The van der Waals surface area contributed by atoms with Gasteiger partial charge in [0.15, 0.2) is 0 Å². The fraction of sp³-hybridized carbons (Fsp3) is 0.231. The van der Waals surface area contributed by atoms with Gasteiger partial charge in [-0.2, -0.15) is 0 Å². The predicted octanol–water partition coefficient (Wildman–Crippen LogP) is 3.58. The SMILES string of the molecule is C[N+](C)(C)CC(c1c[nH]c2cc(Br)ccc12)c1c(=O)c(NC(=O)CS(=O)(=O)[O-])c2[nH]ccc3[nH]ccc1c32. The number of hydrogen-bond donors (Lipinski definition) is 4. The third kappa shape index (κ3) is 4.99. The third-order valence-corrected chi connectivity index (χ3v) is 7.58. The van der Waals surface area contributed by atoms with E-state index in [0.717, 1.165) is 26.5 Å². The topological polar surface area (TPSA) is 151 Å². The van der Waals surface area contributed by atoms with Crippen LogP contribution in [0.15, 0.2) is 58.2 Å². The van der Waals surface area contributed by atoms with Crippen molar-refractivity contribution in [2.24, 2.45) is 0 Å². The molecule has 0 radical (unpaired) electrons. The molecule has 10 nitrogen and oxygen atoms in total. The molecule has 0 saturated heterocycles. The summed E-state index contributed by atoms with van der Waals surface area (Å²) >= 11 is 3.50. The number of carbonyl (C=O) groups excluding carboxylic acids is 1. The molecule has 5 rings (SSSR count). The third-order valence-electron chi connectivity index (χ3n) is 6.47. The number of nitrogens with one attached hydrogen (secondary N) is 4. The molecule has 1 atom stereocenters. The van der Waals surface area contributed by atoms with Crippen LogP contribution < -0.4 is 10.7 Å². The van der Waals surface area contributed by atoms with Crippen LogP contribution >= 0.6 is 15.9 Å². The highest BCUT2D eigenvalue weighted by molar-refractivity contribution is 9.10. The number of fused-ring (bicyclic) bond motifs is 1. The van der Waals surface area contributed by atoms with Gasteiger partial charge in [-0.3, -0.25) is 9.59 Å². The summed E-state index contributed by atoms with van der Waals surface area (Å²) in [5.74, 6) is -2.74. The Morgan fingerprint density at radius 2 is 1.79 bits per heavy atom. The van der Waals surface area contributed by atoms with Gasteiger partial charge in [-0.05, 0) is 35.2 Å². The molecule has 2 aromatic carbocycles. The summed E-state index contributed by atoms with van der Waals surface area (Å²) in [6, 6.07) is 9.55. The summed E-state index contributed by atoms with van der Waals surface area (Å²) in [4.78, 5) is 36.3. The van der Waals surface area contributed by atoms with Crippen LogP contribution in [0.25, 0.3) is 32.7 Å². The first-order chi connectivity index (χ1) is 17.8. The maximum Gasteiger partial charge on any atom is 0.238 e. The van der Waals surface area contributed by atoms with Crippen LogP contribution in [-0.2, 0) is 14.9 Å². The smallest absolute Gasteiger partial charge is 0.238 e. The zero-order valence-electron chi connectivity index (χ0n) is 20.9. The Balaban J connectivity index is 1.84. The number of hydrogen-bond acceptors (Lipinski definition) is 5. The standard InChI is InChI=1S/C26H26BrN5O5S/c1-32(2,3)12-18(17-11-30-20-10-14(27)4-5-15(17)20)22-16-6-8-28-19-7-9-29-24(23(16)19)25(26(22)34)31-21(33)13-38(35,36)37/h4-11,18,30H,12-13H2,1-3H3,(H3-,28,29,31,33,34,35,36,37). The highest BCUT2D eigenvalue weighted by atomic mass is 79.9. The zero-order chi connectivity index (χ0) is 27.4. The quantitative estimate of drug-likeness (QED) is 0.166. The summed E-state index contributed by atoms with van der Waals surface area (Å²) in [5.41, 5.74) is 2.80. The van der Waals surface area contributed by atoms with Crippen molar-refractivity contribution < 1.29 is 22.2 Å². The van der Waals surface area contributed by atoms with E-state index >= 15 is 0 Å². The molecule has 0 fully saturated rings. The summed E-state index contributed by atoms with van der Waals surface area (Å²) < 4.78 is 35.2. The minimum absolute atomic E-state index is 0.0969. The molecule has 198 valence electrons. The Morgan fingerprint density at radius 1 is 1.05 bits per heavy atom. The number of aromatic nitrogens is 3. The number of amides is 1. The Morgan fingerprint density at radius 3 is 2.50 bits per heavy atom. The first-order valence-corrected chi connectivity index (χ1v) is 14.1. The fourth-order valence-electron chi connectivity index (χ4n) is 5.09. The molecule has 3 heterocycles. The van der Waals surface area contributed by atoms with Crippen molar-refractivity contribution in [2.45, 2.75) is 5.92 Å². The van der Waals surface area contributed by atoms with Crippen LogP contribution in [0.3, 0.4) is 0 Å². The Labute approximate surface area is 226 Å². The Kier molecular flexibility index (Phi) is 6.46. The van der Waals surface area contributed by atoms with E-state index in [9.17, 15) is 22.6 Å². The van der Waals surface area contributed by atoms with Gasteiger partial charge in [0.25, 0.3) is 0 Å². The van der Waals surface area contributed by atoms with Gasteiger partial charge in [-0.25, -0.2) is 8.42 Å². The summed E-state index contributed by atoms with van der Waals surface area (Å²) in [7, 11) is 1.27. The van der Waals surface area contributed by atoms with E-state index in [1.54, 1.807) is 12.4 Å². The molecule has 0 bridgehead atoms. The summed E-state index contributed by atoms with van der Waals surface area (Å²) in [6.07, 6.45) is 5.28. The van der Waals surface area contributed by atoms with E-state index in [0.29, 0.717) is 32.9 Å². The second kappa shape index (κ2) is 9.38. The van der Waals surface area contributed by atoms with E-state index < -0.39 is 33.1 Å². The average molecular weight is 600 g/mol. The lowest BCUT2D eigenvalue weighted by Gasteiger charge is -2.30. The van der Waals surface area contributed by atoms with E-state index in [4.69, 9.17) is 0 Å². The lowest BCUT2D eigenvalue weighted by Crippen LogP contribution is -2.40. The van der Waals surface area contributed by atoms with Gasteiger partial charge in [0.1, 0.15) is 21.6 Å². The van der Waals surface area contributed by atoms with Crippen LogP contribution in [0.4, 0.5) is 5.69 Å². The van der Waals surface area contributed by atoms with Crippen LogP contribution in [0.5, 0.6) is 0 Å². The lowest BCUT2D eigenvalue weighted by molar-refractivity contribution is -0.871. The molecule has 3 aromatic heterocycles. The molecule has 1 unspecified atom stereocenters. The summed E-state index contributed by atoms with van der Waals surface area (Å²) in [6.45, 7) is 0.548. The number of quaternary nitrogens is 1. The number of nitrogens with zero attached hydrogens (tertiary/aromatic N) is 1. The lowest BCUT2D eigenvalue weighted by atomic mass is 9.85. The minimum Gasteiger partial charge on any atom is -0.748 e. The monoisotopic (exact) mass is 599 g/mol. The van der Waals surface area contributed by atoms with Crippen LogP contribution in [0.2, 0.25) is 0 Å². The second-order valence-electron chi connectivity index (χ2n) is 10.4. The Hall–Kier alpha value is -3.45. The highest BCUT2D eigenvalue weighted by Gasteiger charge is 2.31. The number of H-pyrrole nitrogens is 3. The largest absolute Gasteiger partial charge is 0.748 e. The number of rotatable bonds is 7. The van der Waals surface area contributed by atoms with Gasteiger partial charge >= 0.3 is 0 Å². The molecule has 0 saturated carbocycles. The molecule has 0 aliphatic heterocycles. The highest BCUT2D eigenvalue weighted by Crippen LogP contribution is 2.38. The number of carbonyl (C=O) groups is 1. The number of likely N-dealkylation sites (N-methyl/N-ethyl adjacent to an activating group) is 1. The van der Waals surface area contributed by atoms with Crippen LogP contribution in [0.1, 0.15) is 17.0 Å². The maximum atomic E-state index is 14.3. The number of halogens is 1. The van der Waals surface area contributed by atoms with Crippen molar-refractivity contribution in [3.05, 3.63) is 74.7 Å². The number of pyridine rings is 2. The van der Waals surface area contributed by atoms with Crippen LogP contribution in [-0.4, -0.2) is 71.8 Å². The number of anilines is 1. The van der Waals surface area contributed by atoms with Crippen molar-refractivity contribution in [1.82, 2.24) is 15.0 Å². The zero-order valence-corrected chi connectivity index (χ0v) is 23.3. The van der Waals surface area contributed by atoms with Gasteiger partial charge in [0.2, 0.25) is 11.3 Å². The maximum absolute atomic E-state index is 14.3. The Bertz CT molecular complexity index is 1880. The minimum atomic E-state index is -4.84. The first kappa shape index (κ1) is 26.2. The molecule has 0 aliphatic carbocycles. The van der Waals surface area contributed by atoms with E-state index in [1.807, 2.05) is 57.7 Å².